The van der Waals surface area contributed by atoms with Gasteiger partial charge in [0, 0.05) is 16.5 Å². The van der Waals surface area contributed by atoms with E-state index in [4.69, 9.17) is 14.3 Å². The summed E-state index contributed by atoms with van der Waals surface area (Å²) in [6.07, 6.45) is -0.128. The van der Waals surface area contributed by atoms with E-state index in [0.29, 0.717) is 28.2 Å². The number of benzene rings is 3. The Labute approximate surface area is 229 Å². The zero-order valence-corrected chi connectivity index (χ0v) is 23.5. The number of fused-ring (bicyclic) bond motifs is 1. The molecule has 4 aromatic rings. The summed E-state index contributed by atoms with van der Waals surface area (Å²) in [6, 6.07) is 21.7. The molecule has 7 nitrogen and oxygen atoms in total. The Balaban J connectivity index is 1.72. The first kappa shape index (κ1) is 26.9. The number of hydrogen-bond acceptors (Lipinski definition) is 5. The molecule has 0 atom stereocenters. The van der Waals surface area contributed by atoms with Crippen LogP contribution in [0.4, 0.5) is 0 Å². The average Bonchev–Trinajstić information content (AvgIpc) is 3.26. The van der Waals surface area contributed by atoms with Gasteiger partial charge in [-0.25, -0.2) is 8.42 Å². The number of sulfonamides is 1. The molecule has 0 aliphatic rings. The Kier molecular flexibility index (Phi) is 7.75. The van der Waals surface area contributed by atoms with Crippen LogP contribution in [-0.4, -0.2) is 30.0 Å². The second-order valence-corrected chi connectivity index (χ2v) is 13.0. The van der Waals surface area contributed by atoms with Gasteiger partial charge in [0.05, 0.1) is 14.7 Å². The van der Waals surface area contributed by atoms with Gasteiger partial charge in [-0.3, -0.25) is 4.79 Å². The Morgan fingerprint density at radius 2 is 1.70 bits per heavy atom. The van der Waals surface area contributed by atoms with Gasteiger partial charge in [0.1, 0.15) is 23.7 Å². The first-order valence-corrected chi connectivity index (χ1v) is 14.0. The number of carbonyl (C=O) groups is 1. The fourth-order valence-electron chi connectivity index (χ4n) is 3.58. The van der Waals surface area contributed by atoms with Crippen molar-refractivity contribution in [3.63, 3.8) is 0 Å². The summed E-state index contributed by atoms with van der Waals surface area (Å²) in [5.41, 5.74) is 2.93. The molecule has 37 heavy (non-hydrogen) atoms. The fraction of sp³-hybridized carbons (Fsp3) is 0.214. The van der Waals surface area contributed by atoms with Crippen LogP contribution in [0.5, 0.6) is 5.75 Å². The predicted octanol–water partition coefficient (Wildman–Crippen LogP) is 6.21. The van der Waals surface area contributed by atoms with Crippen molar-refractivity contribution in [2.24, 2.45) is 4.40 Å². The average molecular weight is 631 g/mol. The molecule has 0 amide bonds. The van der Waals surface area contributed by atoms with Gasteiger partial charge in [0.15, 0.2) is 5.76 Å². The molecule has 0 bridgehead atoms. The number of ether oxygens (including phenoxy) is 1. The number of aliphatic carboxylic acids is 1. The summed E-state index contributed by atoms with van der Waals surface area (Å²) in [4.78, 5) is 11.2. The molecule has 9 heteroatoms. The second kappa shape index (κ2) is 10.7. The Morgan fingerprint density at radius 1 is 1.03 bits per heavy atom. The van der Waals surface area contributed by atoms with Crippen molar-refractivity contribution in [1.82, 2.24) is 0 Å². The maximum atomic E-state index is 13.0. The lowest BCUT2D eigenvalue weighted by molar-refractivity contribution is -0.136. The molecule has 0 spiro atoms. The quantitative estimate of drug-likeness (QED) is 0.183. The van der Waals surface area contributed by atoms with E-state index in [2.05, 4.69) is 27.0 Å². The van der Waals surface area contributed by atoms with E-state index in [1.54, 1.807) is 63.2 Å². The van der Waals surface area contributed by atoms with Crippen LogP contribution in [-0.2, 0) is 27.8 Å². The fourth-order valence-corrected chi connectivity index (χ4v) is 5.11. The SMILES string of the molecule is CC(C)(C)S(=O)(=O)N=C(c1ccccc1)c1cc2cc(COc3ccccc3CC(=O)O)cc(I)c2o1. The number of para-hydroxylation sites is 1. The summed E-state index contributed by atoms with van der Waals surface area (Å²) in [5, 5.41) is 9.94. The summed E-state index contributed by atoms with van der Waals surface area (Å²) in [6.45, 7) is 5.05. The third kappa shape index (κ3) is 6.22. The van der Waals surface area contributed by atoms with Gasteiger partial charge in [-0.05, 0) is 73.2 Å². The minimum atomic E-state index is -3.84. The first-order valence-electron chi connectivity index (χ1n) is 11.5. The van der Waals surface area contributed by atoms with Gasteiger partial charge in [-0.1, -0.05) is 48.5 Å². The van der Waals surface area contributed by atoms with E-state index in [9.17, 15) is 13.2 Å². The zero-order chi connectivity index (χ0) is 26.8. The largest absolute Gasteiger partial charge is 0.489 e. The number of halogens is 1. The monoisotopic (exact) mass is 631 g/mol. The zero-order valence-electron chi connectivity index (χ0n) is 20.6. The van der Waals surface area contributed by atoms with E-state index in [-0.39, 0.29) is 18.7 Å². The van der Waals surface area contributed by atoms with E-state index in [0.717, 1.165) is 14.5 Å². The molecule has 1 heterocycles. The molecule has 0 radical (unpaired) electrons. The van der Waals surface area contributed by atoms with Crippen LogP contribution in [0.3, 0.4) is 0 Å². The molecule has 0 unspecified atom stereocenters. The Morgan fingerprint density at radius 3 is 2.38 bits per heavy atom. The maximum absolute atomic E-state index is 13.0. The van der Waals surface area contributed by atoms with Crippen molar-refractivity contribution < 1.29 is 27.5 Å². The van der Waals surface area contributed by atoms with Crippen LogP contribution >= 0.6 is 22.6 Å². The third-order valence-electron chi connectivity index (χ3n) is 5.61. The molecular formula is C28H26INO6S. The number of furan rings is 1. The van der Waals surface area contributed by atoms with Crippen molar-refractivity contribution in [2.75, 3.05) is 0 Å². The molecule has 1 N–H and O–H groups in total. The van der Waals surface area contributed by atoms with Crippen LogP contribution in [0.1, 0.15) is 43.2 Å². The van der Waals surface area contributed by atoms with Crippen molar-refractivity contribution in [3.8, 4) is 5.75 Å². The highest BCUT2D eigenvalue weighted by Gasteiger charge is 2.30. The van der Waals surface area contributed by atoms with Gasteiger partial charge in [-0.2, -0.15) is 4.40 Å². The van der Waals surface area contributed by atoms with E-state index >= 15 is 0 Å². The highest BCUT2D eigenvalue weighted by molar-refractivity contribution is 14.1. The maximum Gasteiger partial charge on any atom is 0.307 e. The smallest absolute Gasteiger partial charge is 0.307 e. The van der Waals surface area contributed by atoms with Crippen molar-refractivity contribution in [1.29, 1.82) is 0 Å². The summed E-state index contributed by atoms with van der Waals surface area (Å²) in [7, 11) is -3.84. The van der Waals surface area contributed by atoms with Gasteiger partial charge >= 0.3 is 5.97 Å². The summed E-state index contributed by atoms with van der Waals surface area (Å²) in [5.74, 6) is -0.0714. The molecule has 192 valence electrons. The molecule has 0 saturated heterocycles. The number of carboxylic acid groups (broad SMARTS) is 1. The highest BCUT2D eigenvalue weighted by Crippen LogP contribution is 2.30. The van der Waals surface area contributed by atoms with Crippen LogP contribution in [0.25, 0.3) is 11.0 Å². The normalized spacial score (nSPS) is 12.6. The van der Waals surface area contributed by atoms with Gasteiger partial charge in [-0.15, -0.1) is 0 Å². The van der Waals surface area contributed by atoms with Crippen LogP contribution in [0.2, 0.25) is 0 Å². The van der Waals surface area contributed by atoms with E-state index < -0.39 is 20.7 Å². The summed E-state index contributed by atoms with van der Waals surface area (Å²) >= 11 is 2.17. The third-order valence-corrected chi connectivity index (χ3v) is 8.38. The second-order valence-electron chi connectivity index (χ2n) is 9.47. The summed E-state index contributed by atoms with van der Waals surface area (Å²) < 4.78 is 42.0. The number of nitrogens with zero attached hydrogens (tertiary/aromatic N) is 1. The molecule has 4 rings (SSSR count). The highest BCUT2D eigenvalue weighted by atomic mass is 127. The molecule has 0 saturated carbocycles. The van der Waals surface area contributed by atoms with E-state index in [1.807, 2.05) is 30.3 Å². The predicted molar refractivity (Wildman–Crippen MR) is 152 cm³/mol. The molecule has 0 aliphatic heterocycles. The van der Waals surface area contributed by atoms with Crippen molar-refractivity contribution in [3.05, 3.63) is 98.8 Å². The minimum Gasteiger partial charge on any atom is -0.489 e. The Bertz CT molecular complexity index is 1580. The first-order chi connectivity index (χ1) is 17.4. The molecule has 1 aromatic heterocycles. The minimum absolute atomic E-state index is 0.128. The van der Waals surface area contributed by atoms with Crippen LogP contribution in [0, 0.1) is 3.57 Å². The molecule has 3 aromatic carbocycles. The van der Waals surface area contributed by atoms with Gasteiger partial charge < -0.3 is 14.3 Å². The molecular weight excluding hydrogens is 605 g/mol. The topological polar surface area (TPSA) is 106 Å². The standard InChI is InChI=1S/C28H26INO6S/c1-28(2,3)37(33,34)30-26(19-9-5-4-6-10-19)24-15-21-13-18(14-22(29)27(21)36-24)17-35-23-12-8-7-11-20(23)16-25(31)32/h4-15H,16-17H2,1-3H3,(H,31,32). The lowest BCUT2D eigenvalue weighted by Crippen LogP contribution is -2.27. The lowest BCUT2D eigenvalue weighted by atomic mass is 10.1. The molecule has 0 aliphatic carbocycles. The lowest BCUT2D eigenvalue weighted by Gasteiger charge is -2.16. The van der Waals surface area contributed by atoms with Crippen molar-refractivity contribution in [2.45, 2.75) is 38.5 Å². The van der Waals surface area contributed by atoms with Crippen molar-refractivity contribution >= 4 is 55.3 Å². The number of hydrogen-bond donors (Lipinski definition) is 1. The number of carboxylic acids is 1. The van der Waals surface area contributed by atoms with Crippen LogP contribution in [0.15, 0.2) is 81.6 Å². The van der Waals surface area contributed by atoms with Crippen LogP contribution < -0.4 is 4.74 Å². The number of rotatable bonds is 8. The van der Waals surface area contributed by atoms with Gasteiger partial charge in [0.25, 0.3) is 10.0 Å². The van der Waals surface area contributed by atoms with E-state index in [1.165, 1.54) is 0 Å². The Hall–Kier alpha value is -3.18. The molecule has 0 fully saturated rings. The van der Waals surface area contributed by atoms with Gasteiger partial charge in [0.2, 0.25) is 0 Å².